The number of carbonyl (C=O) groups excluding carboxylic acids is 2. The van der Waals surface area contributed by atoms with E-state index in [4.69, 9.17) is 0 Å². The van der Waals surface area contributed by atoms with Crippen LogP contribution in [0.3, 0.4) is 0 Å². The van der Waals surface area contributed by atoms with E-state index in [1.165, 1.54) is 37.4 Å². The van der Waals surface area contributed by atoms with Crippen molar-refractivity contribution in [2.75, 3.05) is 18.0 Å². The van der Waals surface area contributed by atoms with E-state index >= 15 is 0 Å². The van der Waals surface area contributed by atoms with Gasteiger partial charge in [0.1, 0.15) is 18.1 Å². The average Bonchev–Trinajstić information content (AvgIpc) is 3.80. The summed E-state index contributed by atoms with van der Waals surface area (Å²) in [6.07, 6.45) is 6.64. The molecule has 2 aromatic heterocycles. The van der Waals surface area contributed by atoms with Crippen LogP contribution in [0.25, 0.3) is 11.0 Å². The minimum absolute atomic E-state index is 0.0632. The molecule has 1 N–H and O–H groups in total. The first-order valence-corrected chi connectivity index (χ1v) is 16.8. The predicted molar refractivity (Wildman–Crippen MR) is 162 cm³/mol. The van der Waals surface area contributed by atoms with Crippen molar-refractivity contribution in [2.45, 2.75) is 68.5 Å². The summed E-state index contributed by atoms with van der Waals surface area (Å²) in [7, 11) is -3.66. The van der Waals surface area contributed by atoms with Crippen LogP contribution < -0.4 is 10.2 Å². The molecule has 1 atom stereocenters. The van der Waals surface area contributed by atoms with Crippen LogP contribution in [0.2, 0.25) is 0 Å². The molecule has 12 heteroatoms. The second kappa shape index (κ2) is 12.3. The first-order valence-electron chi connectivity index (χ1n) is 14.5. The number of carbonyl (C=O) groups is 2. The summed E-state index contributed by atoms with van der Waals surface area (Å²) < 4.78 is 29.7. The van der Waals surface area contributed by atoms with E-state index in [-0.39, 0.29) is 29.3 Å². The molecular formula is C30H34N6O4S2. The number of hydrogen-bond acceptors (Lipinski definition) is 7. The fourth-order valence-electron chi connectivity index (χ4n) is 5.88. The number of anilines is 1. The molecule has 2 fully saturated rings. The number of thiophene rings is 1. The first-order chi connectivity index (χ1) is 20.4. The standard InChI is InChI=1S/C30H34N6O4S2/c37-28(21-35-26-12-5-4-11-25(26)32-33-35)36(29(27-13-8-20-41-27)30(38)31-22-9-2-3-10-22)23-14-16-24(17-15-23)42(39,40)34-18-6-1-7-19-34/h4-5,8,11-17,20,22,29H,1-3,6-7,9-10,18-19,21H2,(H,31,38)/t29-/m0/s1. The van der Waals surface area contributed by atoms with Gasteiger partial charge in [0.2, 0.25) is 21.8 Å². The Labute approximate surface area is 249 Å². The molecule has 4 aromatic rings. The minimum atomic E-state index is -3.66. The normalized spacial score (nSPS) is 17.3. The van der Waals surface area contributed by atoms with Crippen molar-refractivity contribution < 1.29 is 18.0 Å². The molecule has 2 amide bonds. The lowest BCUT2D eigenvalue weighted by Crippen LogP contribution is -2.47. The summed E-state index contributed by atoms with van der Waals surface area (Å²) in [5.41, 5.74) is 1.80. The van der Waals surface area contributed by atoms with E-state index in [1.807, 2.05) is 41.8 Å². The van der Waals surface area contributed by atoms with E-state index in [0.717, 1.165) is 44.9 Å². The van der Waals surface area contributed by atoms with Gasteiger partial charge in [-0.05, 0) is 73.5 Å². The van der Waals surface area contributed by atoms with Crippen LogP contribution in [-0.2, 0) is 26.2 Å². The zero-order valence-corrected chi connectivity index (χ0v) is 24.9. The fourth-order valence-corrected chi connectivity index (χ4v) is 8.21. The molecule has 1 aliphatic carbocycles. The van der Waals surface area contributed by atoms with Crippen molar-refractivity contribution in [3.63, 3.8) is 0 Å². The quantitative estimate of drug-likeness (QED) is 0.300. The van der Waals surface area contributed by atoms with Gasteiger partial charge in [-0.2, -0.15) is 4.31 Å². The number of piperidine rings is 1. The number of nitrogens with zero attached hydrogens (tertiary/aromatic N) is 5. The Hall–Kier alpha value is -3.61. The lowest BCUT2D eigenvalue weighted by Gasteiger charge is -2.32. The van der Waals surface area contributed by atoms with Crippen LogP contribution in [0, 0.1) is 0 Å². The van der Waals surface area contributed by atoms with Crippen molar-refractivity contribution in [3.05, 3.63) is 70.9 Å². The largest absolute Gasteiger partial charge is 0.351 e. The molecule has 0 radical (unpaired) electrons. The molecule has 3 heterocycles. The predicted octanol–water partition coefficient (Wildman–Crippen LogP) is 4.50. The SMILES string of the molecule is O=C(NC1CCCC1)[C@H](c1cccs1)N(C(=O)Cn1nnc2ccccc21)c1ccc(S(=O)(=O)N2CCCCC2)cc1. The van der Waals surface area contributed by atoms with Gasteiger partial charge in [0.25, 0.3) is 0 Å². The number of hydrogen-bond donors (Lipinski definition) is 1. The number of fused-ring (bicyclic) bond motifs is 1. The van der Waals surface area contributed by atoms with Gasteiger partial charge >= 0.3 is 0 Å². The second-order valence-corrected chi connectivity index (χ2v) is 13.8. The lowest BCUT2D eigenvalue weighted by atomic mass is 10.1. The van der Waals surface area contributed by atoms with E-state index in [2.05, 4.69) is 15.6 Å². The molecule has 0 spiro atoms. The molecule has 2 aromatic carbocycles. The Morgan fingerprint density at radius 3 is 2.40 bits per heavy atom. The van der Waals surface area contributed by atoms with E-state index < -0.39 is 16.1 Å². The highest BCUT2D eigenvalue weighted by molar-refractivity contribution is 7.89. The monoisotopic (exact) mass is 606 g/mol. The average molecular weight is 607 g/mol. The number of sulfonamides is 1. The van der Waals surface area contributed by atoms with Gasteiger partial charge in [-0.3, -0.25) is 14.5 Å². The molecule has 1 aliphatic heterocycles. The Bertz CT molecular complexity index is 1640. The third-order valence-electron chi connectivity index (χ3n) is 8.06. The summed E-state index contributed by atoms with van der Waals surface area (Å²) in [5.74, 6) is -0.622. The molecule has 0 bridgehead atoms. The second-order valence-electron chi connectivity index (χ2n) is 10.9. The van der Waals surface area contributed by atoms with Crippen molar-refractivity contribution in [3.8, 4) is 0 Å². The van der Waals surface area contributed by atoms with Gasteiger partial charge in [0, 0.05) is 29.7 Å². The van der Waals surface area contributed by atoms with Crippen LogP contribution in [0.1, 0.15) is 55.9 Å². The Balaban J connectivity index is 1.37. The molecule has 10 nitrogen and oxygen atoms in total. The lowest BCUT2D eigenvalue weighted by molar-refractivity contribution is -0.127. The molecule has 42 heavy (non-hydrogen) atoms. The fraction of sp³-hybridized carbons (Fsp3) is 0.400. The first kappa shape index (κ1) is 28.5. The maximum absolute atomic E-state index is 14.2. The summed E-state index contributed by atoms with van der Waals surface area (Å²) in [6.45, 7) is 0.859. The molecule has 2 aliphatic rings. The Kier molecular flexibility index (Phi) is 8.36. The van der Waals surface area contributed by atoms with Crippen molar-refractivity contribution >= 4 is 49.9 Å². The number of rotatable bonds is 9. The maximum atomic E-state index is 14.2. The number of para-hydroxylation sites is 1. The zero-order valence-electron chi connectivity index (χ0n) is 23.3. The van der Waals surface area contributed by atoms with E-state index in [0.29, 0.717) is 34.7 Å². The topological polar surface area (TPSA) is 117 Å². The molecular weight excluding hydrogens is 573 g/mol. The minimum Gasteiger partial charge on any atom is -0.351 e. The molecule has 220 valence electrons. The summed E-state index contributed by atoms with van der Waals surface area (Å²) in [6, 6.07) is 16.5. The van der Waals surface area contributed by atoms with Crippen molar-refractivity contribution in [2.24, 2.45) is 0 Å². The molecule has 0 unspecified atom stereocenters. The Morgan fingerprint density at radius 2 is 1.69 bits per heavy atom. The van der Waals surface area contributed by atoms with Gasteiger partial charge in [-0.25, -0.2) is 13.1 Å². The third-order valence-corrected chi connectivity index (χ3v) is 10.9. The van der Waals surface area contributed by atoms with Crippen LogP contribution in [0.4, 0.5) is 5.69 Å². The number of aromatic nitrogens is 3. The summed E-state index contributed by atoms with van der Waals surface area (Å²) in [5, 5.41) is 13.4. The number of nitrogens with one attached hydrogen (secondary N) is 1. The maximum Gasteiger partial charge on any atom is 0.249 e. The molecule has 1 saturated carbocycles. The highest BCUT2D eigenvalue weighted by Crippen LogP contribution is 2.33. The van der Waals surface area contributed by atoms with Crippen LogP contribution >= 0.6 is 11.3 Å². The highest BCUT2D eigenvalue weighted by atomic mass is 32.2. The van der Waals surface area contributed by atoms with Gasteiger partial charge < -0.3 is 5.32 Å². The van der Waals surface area contributed by atoms with Gasteiger partial charge in [0.15, 0.2) is 0 Å². The molecule has 1 saturated heterocycles. The van der Waals surface area contributed by atoms with Crippen LogP contribution in [-0.4, -0.2) is 58.7 Å². The van der Waals surface area contributed by atoms with Gasteiger partial charge in [-0.1, -0.05) is 42.7 Å². The third kappa shape index (κ3) is 5.83. The van der Waals surface area contributed by atoms with Gasteiger partial charge in [0.05, 0.1) is 10.4 Å². The highest BCUT2D eigenvalue weighted by Gasteiger charge is 2.36. The zero-order chi connectivity index (χ0) is 29.1. The number of amides is 2. The van der Waals surface area contributed by atoms with E-state index in [1.54, 1.807) is 12.1 Å². The smallest absolute Gasteiger partial charge is 0.249 e. The number of benzene rings is 2. The van der Waals surface area contributed by atoms with Crippen molar-refractivity contribution in [1.82, 2.24) is 24.6 Å². The summed E-state index contributed by atoms with van der Waals surface area (Å²) >= 11 is 1.40. The van der Waals surface area contributed by atoms with E-state index in [9.17, 15) is 18.0 Å². The van der Waals surface area contributed by atoms with Crippen LogP contribution in [0.5, 0.6) is 0 Å². The summed E-state index contributed by atoms with van der Waals surface area (Å²) in [4.78, 5) is 30.5. The van der Waals surface area contributed by atoms with Crippen LogP contribution in [0.15, 0.2) is 70.9 Å². The molecule has 6 rings (SSSR count). The van der Waals surface area contributed by atoms with Crippen molar-refractivity contribution in [1.29, 1.82) is 0 Å². The van der Waals surface area contributed by atoms with Gasteiger partial charge in [-0.15, -0.1) is 16.4 Å². The Morgan fingerprint density at radius 1 is 0.952 bits per heavy atom.